The molecule has 0 atom stereocenters. The quantitative estimate of drug-likeness (QED) is 0.411. The molecule has 2 aromatic carbocycles. The van der Waals surface area contributed by atoms with E-state index < -0.39 is 9.84 Å². The summed E-state index contributed by atoms with van der Waals surface area (Å²) in [5, 5.41) is 0.542. The molecule has 0 saturated carbocycles. The van der Waals surface area contributed by atoms with E-state index >= 15 is 0 Å². The van der Waals surface area contributed by atoms with Crippen LogP contribution in [0.25, 0.3) is 10.2 Å². The molecule has 3 aromatic rings. The van der Waals surface area contributed by atoms with Crippen molar-refractivity contribution in [2.24, 2.45) is 0 Å². The summed E-state index contributed by atoms with van der Waals surface area (Å²) in [4.78, 5) is 21.9. The van der Waals surface area contributed by atoms with E-state index in [2.05, 4.69) is 11.9 Å². The lowest BCUT2D eigenvalue weighted by Crippen LogP contribution is -2.36. The van der Waals surface area contributed by atoms with E-state index in [1.54, 1.807) is 35.2 Å². The number of carbonyl (C=O) groups excluding carboxylic acids is 1. The summed E-state index contributed by atoms with van der Waals surface area (Å²) >= 11 is 1.31. The number of rotatable bonds is 10. The number of fused-ring (bicyclic) bond motifs is 1. The number of ether oxygens (including phenoxy) is 1. The van der Waals surface area contributed by atoms with Crippen LogP contribution in [0.5, 0.6) is 5.75 Å². The Kier molecular flexibility index (Phi) is 7.86. The third kappa shape index (κ3) is 6.05. The van der Waals surface area contributed by atoms with E-state index in [0.717, 1.165) is 23.3 Å². The maximum atomic E-state index is 13.4. The van der Waals surface area contributed by atoms with Gasteiger partial charge in [0, 0.05) is 24.9 Å². The Hall–Kier alpha value is -2.49. The predicted molar refractivity (Wildman–Crippen MR) is 130 cm³/mol. The number of thiazole rings is 1. The van der Waals surface area contributed by atoms with Crippen LogP contribution in [0.3, 0.4) is 0 Å². The number of nitrogens with zero attached hydrogens (tertiary/aromatic N) is 3. The van der Waals surface area contributed by atoms with Gasteiger partial charge in [0.25, 0.3) is 5.91 Å². The van der Waals surface area contributed by atoms with Gasteiger partial charge in [-0.3, -0.25) is 9.69 Å². The first-order chi connectivity index (χ1) is 15.2. The van der Waals surface area contributed by atoms with Crippen molar-refractivity contribution < 1.29 is 17.9 Å². The molecule has 0 aliphatic heterocycles. The van der Waals surface area contributed by atoms with Gasteiger partial charge >= 0.3 is 0 Å². The third-order valence-electron chi connectivity index (χ3n) is 4.89. The smallest absolute Gasteiger partial charge is 0.260 e. The van der Waals surface area contributed by atoms with Crippen molar-refractivity contribution in [2.45, 2.75) is 24.7 Å². The standard InChI is InChI=1S/C23H29N3O4S2/c1-5-6-15-30-18-9-7-17(8-10-18)22(27)26(14-13-25(2)3)23-24-20-12-11-19(32(4,28)29)16-21(20)31-23/h7-12,16H,5-6,13-15H2,1-4H3. The Morgan fingerprint density at radius 3 is 2.44 bits per heavy atom. The molecule has 3 rings (SSSR count). The minimum absolute atomic E-state index is 0.158. The summed E-state index contributed by atoms with van der Waals surface area (Å²) in [6, 6.07) is 12.0. The van der Waals surface area contributed by atoms with Gasteiger partial charge in [0.05, 0.1) is 21.7 Å². The lowest BCUT2D eigenvalue weighted by atomic mass is 10.2. The van der Waals surface area contributed by atoms with Crippen LogP contribution in [0.4, 0.5) is 5.13 Å². The number of sulfone groups is 1. The molecule has 0 bridgehead atoms. The average Bonchev–Trinajstić information content (AvgIpc) is 3.16. The molecule has 0 aliphatic rings. The number of unbranched alkanes of at least 4 members (excludes halogenated alkanes) is 1. The SMILES string of the molecule is CCCCOc1ccc(C(=O)N(CCN(C)C)c2nc3ccc(S(C)(=O)=O)cc3s2)cc1. The monoisotopic (exact) mass is 475 g/mol. The van der Waals surface area contributed by atoms with Crippen LogP contribution in [-0.4, -0.2) is 64.3 Å². The fraction of sp³-hybridized carbons (Fsp3) is 0.391. The highest BCUT2D eigenvalue weighted by molar-refractivity contribution is 7.90. The van der Waals surface area contributed by atoms with Gasteiger partial charge in [-0.15, -0.1) is 0 Å². The van der Waals surface area contributed by atoms with Gasteiger partial charge in [-0.05, 0) is 63.0 Å². The minimum Gasteiger partial charge on any atom is -0.494 e. The number of amides is 1. The molecule has 32 heavy (non-hydrogen) atoms. The van der Waals surface area contributed by atoms with Crippen LogP contribution in [-0.2, 0) is 9.84 Å². The van der Waals surface area contributed by atoms with Gasteiger partial charge < -0.3 is 9.64 Å². The normalized spacial score (nSPS) is 11.8. The number of likely N-dealkylation sites (N-methyl/N-ethyl adjacent to an activating group) is 1. The van der Waals surface area contributed by atoms with Gasteiger partial charge in [0.15, 0.2) is 15.0 Å². The van der Waals surface area contributed by atoms with Gasteiger partial charge in [-0.1, -0.05) is 24.7 Å². The molecule has 0 radical (unpaired) electrons. The van der Waals surface area contributed by atoms with E-state index in [4.69, 9.17) is 4.74 Å². The molecule has 0 aliphatic carbocycles. The first-order valence-electron chi connectivity index (χ1n) is 10.5. The number of anilines is 1. The highest BCUT2D eigenvalue weighted by Crippen LogP contribution is 2.31. The Morgan fingerprint density at radius 1 is 1.09 bits per heavy atom. The third-order valence-corrected chi connectivity index (χ3v) is 7.04. The highest BCUT2D eigenvalue weighted by Gasteiger charge is 2.22. The van der Waals surface area contributed by atoms with Gasteiger partial charge in [0.1, 0.15) is 5.75 Å². The van der Waals surface area contributed by atoms with Crippen molar-refractivity contribution in [1.82, 2.24) is 9.88 Å². The molecule has 172 valence electrons. The van der Waals surface area contributed by atoms with Crippen molar-refractivity contribution in [3.63, 3.8) is 0 Å². The van der Waals surface area contributed by atoms with Crippen LogP contribution < -0.4 is 9.64 Å². The predicted octanol–water partition coefficient (Wildman–Crippen LogP) is 4.09. The second kappa shape index (κ2) is 10.4. The summed E-state index contributed by atoms with van der Waals surface area (Å²) in [5.41, 5.74) is 1.21. The number of hydrogen-bond acceptors (Lipinski definition) is 7. The fourth-order valence-electron chi connectivity index (χ4n) is 3.01. The van der Waals surface area contributed by atoms with Crippen LogP contribution in [0, 0.1) is 0 Å². The van der Waals surface area contributed by atoms with E-state index in [9.17, 15) is 13.2 Å². The summed E-state index contributed by atoms with van der Waals surface area (Å²) < 4.78 is 30.2. The zero-order chi connectivity index (χ0) is 23.3. The number of benzene rings is 2. The molecule has 1 aromatic heterocycles. The van der Waals surface area contributed by atoms with Gasteiger partial charge in [-0.2, -0.15) is 0 Å². The molecule has 7 nitrogen and oxygen atoms in total. The van der Waals surface area contributed by atoms with Crippen molar-refractivity contribution >= 4 is 42.4 Å². The zero-order valence-electron chi connectivity index (χ0n) is 18.9. The molecule has 0 fully saturated rings. The van der Waals surface area contributed by atoms with E-state index in [1.165, 1.54) is 17.6 Å². The molecular formula is C23H29N3O4S2. The Labute approximate surface area is 193 Å². The van der Waals surface area contributed by atoms with Crippen molar-refractivity contribution in [3.05, 3.63) is 48.0 Å². The Morgan fingerprint density at radius 2 is 1.81 bits per heavy atom. The lowest BCUT2D eigenvalue weighted by molar-refractivity contribution is 0.0985. The summed E-state index contributed by atoms with van der Waals surface area (Å²) in [6.45, 7) is 3.88. The second-order valence-electron chi connectivity index (χ2n) is 7.88. The molecule has 1 heterocycles. The van der Waals surface area contributed by atoms with Crippen molar-refractivity contribution in [1.29, 1.82) is 0 Å². The second-order valence-corrected chi connectivity index (χ2v) is 10.9. The number of aromatic nitrogens is 1. The van der Waals surface area contributed by atoms with Crippen LogP contribution in [0.1, 0.15) is 30.1 Å². The fourth-order valence-corrected chi connectivity index (χ4v) is 4.76. The Balaban J connectivity index is 1.89. The highest BCUT2D eigenvalue weighted by atomic mass is 32.2. The topological polar surface area (TPSA) is 79.8 Å². The van der Waals surface area contributed by atoms with E-state index in [-0.39, 0.29) is 10.8 Å². The summed E-state index contributed by atoms with van der Waals surface area (Å²) in [5.74, 6) is 0.581. The van der Waals surface area contributed by atoms with Crippen LogP contribution >= 0.6 is 11.3 Å². The van der Waals surface area contributed by atoms with Gasteiger partial charge in [0.2, 0.25) is 0 Å². The first kappa shape index (κ1) is 24.2. The van der Waals surface area contributed by atoms with Crippen LogP contribution in [0.2, 0.25) is 0 Å². The average molecular weight is 476 g/mol. The van der Waals surface area contributed by atoms with E-state index in [1.807, 2.05) is 31.1 Å². The van der Waals surface area contributed by atoms with Crippen molar-refractivity contribution in [2.75, 3.05) is 44.9 Å². The van der Waals surface area contributed by atoms with Gasteiger partial charge in [-0.25, -0.2) is 13.4 Å². The molecule has 0 unspecified atom stereocenters. The van der Waals surface area contributed by atoms with E-state index in [0.29, 0.717) is 35.9 Å². The molecule has 1 amide bonds. The molecule has 9 heteroatoms. The van der Waals surface area contributed by atoms with Crippen molar-refractivity contribution in [3.8, 4) is 5.75 Å². The summed E-state index contributed by atoms with van der Waals surface area (Å²) in [7, 11) is 0.574. The minimum atomic E-state index is -3.32. The number of hydrogen-bond donors (Lipinski definition) is 0. The maximum absolute atomic E-state index is 13.4. The molecule has 0 spiro atoms. The molecule has 0 saturated heterocycles. The molecule has 0 N–H and O–H groups in total. The summed E-state index contributed by atoms with van der Waals surface area (Å²) in [6.07, 6.45) is 3.22. The largest absolute Gasteiger partial charge is 0.494 e. The Bertz CT molecular complexity index is 1170. The molecular weight excluding hydrogens is 446 g/mol. The lowest BCUT2D eigenvalue weighted by Gasteiger charge is -2.22. The first-order valence-corrected chi connectivity index (χ1v) is 13.2. The number of carbonyl (C=O) groups is 1. The van der Waals surface area contributed by atoms with Crippen LogP contribution in [0.15, 0.2) is 47.4 Å². The zero-order valence-corrected chi connectivity index (χ0v) is 20.5. The maximum Gasteiger partial charge on any atom is 0.260 e.